The van der Waals surface area contributed by atoms with Crippen molar-refractivity contribution in [3.8, 4) is 0 Å². The van der Waals surface area contributed by atoms with Gasteiger partial charge >= 0.3 is 0 Å². The molecule has 0 spiro atoms. The number of aliphatic carboxylic acids is 1. The Bertz CT molecular complexity index is 530. The molecule has 1 aromatic carbocycles. The van der Waals surface area contributed by atoms with E-state index in [2.05, 4.69) is 5.32 Å². The maximum Gasteiger partial charge on any atom is 0.228 e. The minimum Gasteiger partial charge on any atom is -0.550 e. The van der Waals surface area contributed by atoms with Gasteiger partial charge < -0.3 is 15.2 Å². The molecule has 2 atom stereocenters. The molecule has 0 aromatic heterocycles. The van der Waals surface area contributed by atoms with Gasteiger partial charge in [0.15, 0.2) is 0 Å². The molecule has 1 aromatic rings. The average Bonchev–Trinajstić information content (AvgIpc) is 2.42. The van der Waals surface area contributed by atoms with Gasteiger partial charge in [-0.3, -0.25) is 4.79 Å². The van der Waals surface area contributed by atoms with Gasteiger partial charge in [0.1, 0.15) is 5.82 Å². The second-order valence-electron chi connectivity index (χ2n) is 5.29. The molecule has 1 aliphatic rings. The van der Waals surface area contributed by atoms with Gasteiger partial charge in [0.2, 0.25) is 5.91 Å². The predicted octanol–water partition coefficient (Wildman–Crippen LogP) is 1.63. The Kier molecular flexibility index (Phi) is 4.37. The summed E-state index contributed by atoms with van der Waals surface area (Å²) in [5.41, 5.74) is 0.916. The molecule has 0 saturated heterocycles. The SMILES string of the molecule is Cc1ccc(F)c(NC(=O)[C@@H]2CCCC[C@H]2C(=O)[O-])c1. The molecule has 4 nitrogen and oxygen atoms in total. The van der Waals surface area contributed by atoms with Crippen molar-refractivity contribution in [3.63, 3.8) is 0 Å². The van der Waals surface area contributed by atoms with Gasteiger partial charge in [0, 0.05) is 17.8 Å². The van der Waals surface area contributed by atoms with E-state index in [1.54, 1.807) is 13.0 Å². The van der Waals surface area contributed by atoms with Crippen LogP contribution in [0.5, 0.6) is 0 Å². The molecule has 108 valence electrons. The van der Waals surface area contributed by atoms with Crippen LogP contribution in [0.4, 0.5) is 10.1 Å². The van der Waals surface area contributed by atoms with Crippen molar-refractivity contribution >= 4 is 17.6 Å². The molecule has 5 heteroatoms. The number of carbonyl (C=O) groups excluding carboxylic acids is 2. The minimum atomic E-state index is -1.20. The topological polar surface area (TPSA) is 69.2 Å². The second kappa shape index (κ2) is 6.03. The Morgan fingerprint density at radius 3 is 2.55 bits per heavy atom. The highest BCUT2D eigenvalue weighted by molar-refractivity contribution is 5.95. The summed E-state index contributed by atoms with van der Waals surface area (Å²) in [6.07, 6.45) is 2.52. The summed E-state index contributed by atoms with van der Waals surface area (Å²) in [6.45, 7) is 1.79. The van der Waals surface area contributed by atoms with E-state index >= 15 is 0 Å². The van der Waals surface area contributed by atoms with Crippen LogP contribution in [0.1, 0.15) is 31.2 Å². The van der Waals surface area contributed by atoms with Gasteiger partial charge in [-0.2, -0.15) is 0 Å². The van der Waals surface area contributed by atoms with Gasteiger partial charge in [0.05, 0.1) is 5.69 Å². The van der Waals surface area contributed by atoms with Crippen molar-refractivity contribution in [2.75, 3.05) is 5.32 Å². The zero-order valence-electron chi connectivity index (χ0n) is 11.3. The fourth-order valence-corrected chi connectivity index (χ4v) is 2.69. The summed E-state index contributed by atoms with van der Waals surface area (Å²) in [5.74, 6) is -3.59. The van der Waals surface area contributed by atoms with Crippen LogP contribution in [0, 0.1) is 24.6 Å². The first-order valence-corrected chi connectivity index (χ1v) is 6.77. The number of halogens is 1. The zero-order chi connectivity index (χ0) is 14.7. The van der Waals surface area contributed by atoms with E-state index in [9.17, 15) is 19.1 Å². The fraction of sp³-hybridized carbons (Fsp3) is 0.467. The molecule has 0 bridgehead atoms. The molecule has 0 radical (unpaired) electrons. The number of benzene rings is 1. The predicted molar refractivity (Wildman–Crippen MR) is 70.2 cm³/mol. The van der Waals surface area contributed by atoms with E-state index in [0.29, 0.717) is 12.8 Å². The number of hydrogen-bond donors (Lipinski definition) is 1. The lowest BCUT2D eigenvalue weighted by atomic mass is 9.78. The molecular weight excluding hydrogens is 261 g/mol. The first-order chi connectivity index (χ1) is 9.49. The first kappa shape index (κ1) is 14.5. The molecule has 2 rings (SSSR count). The van der Waals surface area contributed by atoms with Crippen molar-refractivity contribution < 1.29 is 19.1 Å². The molecule has 0 heterocycles. The molecule has 20 heavy (non-hydrogen) atoms. The average molecular weight is 278 g/mol. The highest BCUT2D eigenvalue weighted by Crippen LogP contribution is 2.31. The Morgan fingerprint density at radius 1 is 1.25 bits per heavy atom. The quantitative estimate of drug-likeness (QED) is 0.913. The van der Waals surface area contributed by atoms with Crippen LogP contribution in [-0.4, -0.2) is 11.9 Å². The summed E-state index contributed by atoms with van der Waals surface area (Å²) in [5, 5.41) is 13.6. The van der Waals surface area contributed by atoms with Gasteiger partial charge in [-0.15, -0.1) is 0 Å². The van der Waals surface area contributed by atoms with Gasteiger partial charge in [-0.05, 0) is 37.5 Å². The number of hydrogen-bond acceptors (Lipinski definition) is 3. The molecule has 1 aliphatic carbocycles. The Morgan fingerprint density at radius 2 is 1.90 bits per heavy atom. The lowest BCUT2D eigenvalue weighted by Gasteiger charge is -2.31. The highest BCUT2D eigenvalue weighted by Gasteiger charge is 2.32. The number of nitrogens with one attached hydrogen (secondary N) is 1. The second-order valence-corrected chi connectivity index (χ2v) is 5.29. The highest BCUT2D eigenvalue weighted by atomic mass is 19.1. The molecule has 0 unspecified atom stereocenters. The van der Waals surface area contributed by atoms with E-state index in [-0.39, 0.29) is 5.69 Å². The van der Waals surface area contributed by atoms with Crippen molar-refractivity contribution in [2.24, 2.45) is 11.8 Å². The first-order valence-electron chi connectivity index (χ1n) is 6.77. The number of carbonyl (C=O) groups is 2. The summed E-state index contributed by atoms with van der Waals surface area (Å²) in [7, 11) is 0. The van der Waals surface area contributed by atoms with Gasteiger partial charge in [-0.1, -0.05) is 18.9 Å². The fourth-order valence-electron chi connectivity index (χ4n) is 2.69. The van der Waals surface area contributed by atoms with Crippen molar-refractivity contribution in [1.82, 2.24) is 0 Å². The Hall–Kier alpha value is -1.91. The van der Waals surface area contributed by atoms with Gasteiger partial charge in [-0.25, -0.2) is 4.39 Å². The Balaban J connectivity index is 2.14. The van der Waals surface area contributed by atoms with Crippen LogP contribution in [0.25, 0.3) is 0 Å². The lowest BCUT2D eigenvalue weighted by molar-refractivity contribution is -0.313. The van der Waals surface area contributed by atoms with E-state index in [0.717, 1.165) is 18.4 Å². The number of amides is 1. The summed E-state index contributed by atoms with van der Waals surface area (Å²) >= 11 is 0. The van der Waals surface area contributed by atoms with Crippen molar-refractivity contribution in [3.05, 3.63) is 29.6 Å². The molecule has 1 N–H and O–H groups in total. The van der Waals surface area contributed by atoms with E-state index in [1.807, 2.05) is 0 Å². The van der Waals surface area contributed by atoms with Crippen molar-refractivity contribution in [1.29, 1.82) is 0 Å². The third kappa shape index (κ3) is 3.15. The zero-order valence-corrected chi connectivity index (χ0v) is 11.3. The van der Waals surface area contributed by atoms with E-state index in [4.69, 9.17) is 0 Å². The molecule has 0 aliphatic heterocycles. The van der Waals surface area contributed by atoms with Crippen molar-refractivity contribution in [2.45, 2.75) is 32.6 Å². The third-order valence-electron chi connectivity index (χ3n) is 3.79. The number of anilines is 1. The summed E-state index contributed by atoms with van der Waals surface area (Å²) in [4.78, 5) is 23.3. The van der Waals surface area contributed by atoms with E-state index in [1.165, 1.54) is 12.1 Å². The van der Waals surface area contributed by atoms with Crippen LogP contribution < -0.4 is 10.4 Å². The molecule has 1 fully saturated rings. The maximum atomic E-state index is 13.6. The lowest BCUT2D eigenvalue weighted by Crippen LogP contribution is -2.42. The van der Waals surface area contributed by atoms with Crippen LogP contribution in [0.2, 0.25) is 0 Å². The largest absolute Gasteiger partial charge is 0.550 e. The molecule has 1 amide bonds. The van der Waals surface area contributed by atoms with Crippen LogP contribution in [-0.2, 0) is 9.59 Å². The third-order valence-corrected chi connectivity index (χ3v) is 3.79. The van der Waals surface area contributed by atoms with Crippen LogP contribution in [0.3, 0.4) is 0 Å². The molecular formula is C15H17FNO3-. The van der Waals surface area contributed by atoms with Gasteiger partial charge in [0.25, 0.3) is 0 Å². The number of carboxylic acid groups (broad SMARTS) is 1. The Labute approximate surface area is 117 Å². The standard InChI is InChI=1S/C15H18FNO3/c1-9-6-7-12(16)13(8-9)17-14(18)10-4-2-3-5-11(10)15(19)20/h6-8,10-11H,2-5H2,1H3,(H,17,18)(H,19,20)/p-1/t10-,11-/m1/s1. The smallest absolute Gasteiger partial charge is 0.228 e. The normalized spacial score (nSPS) is 22.3. The van der Waals surface area contributed by atoms with E-state index < -0.39 is 29.5 Å². The summed E-state index contributed by atoms with van der Waals surface area (Å²) in [6, 6.07) is 4.42. The molecule has 1 saturated carbocycles. The maximum absolute atomic E-state index is 13.6. The monoisotopic (exact) mass is 278 g/mol. The summed E-state index contributed by atoms with van der Waals surface area (Å²) < 4.78 is 13.6. The van der Waals surface area contributed by atoms with Crippen LogP contribution >= 0.6 is 0 Å². The number of rotatable bonds is 3. The number of carboxylic acids is 1. The minimum absolute atomic E-state index is 0.0951. The number of aryl methyl sites for hydroxylation is 1. The van der Waals surface area contributed by atoms with Crippen LogP contribution in [0.15, 0.2) is 18.2 Å².